The molecule has 1 fully saturated rings. The summed E-state index contributed by atoms with van der Waals surface area (Å²) in [7, 11) is 3.39. The second-order valence-electron chi connectivity index (χ2n) is 5.39. The molecule has 2 rings (SSSR count). The fourth-order valence-corrected chi connectivity index (χ4v) is 2.50. The quantitative estimate of drug-likeness (QED) is 0.902. The van der Waals surface area contributed by atoms with Gasteiger partial charge in [0.2, 0.25) is 0 Å². The van der Waals surface area contributed by atoms with Crippen molar-refractivity contribution < 1.29 is 14.2 Å². The Kier molecular flexibility index (Phi) is 4.66. The maximum atomic E-state index is 5.68. The molecule has 0 spiro atoms. The Morgan fingerprint density at radius 2 is 2.16 bits per heavy atom. The van der Waals surface area contributed by atoms with Crippen LogP contribution < -0.4 is 14.8 Å². The summed E-state index contributed by atoms with van der Waals surface area (Å²) in [6.45, 7) is 5.66. The van der Waals surface area contributed by atoms with Crippen LogP contribution >= 0.6 is 0 Å². The maximum absolute atomic E-state index is 5.68. The highest BCUT2D eigenvalue weighted by atomic mass is 16.5. The van der Waals surface area contributed by atoms with Gasteiger partial charge in [-0.15, -0.1) is 0 Å². The maximum Gasteiger partial charge on any atom is 0.122 e. The van der Waals surface area contributed by atoms with Gasteiger partial charge in [0.05, 0.1) is 27.4 Å². The Morgan fingerprint density at radius 1 is 1.32 bits per heavy atom. The van der Waals surface area contributed by atoms with Crippen LogP contribution in [-0.4, -0.2) is 40.5 Å². The molecule has 1 aromatic carbocycles. The first-order valence-electron chi connectivity index (χ1n) is 6.66. The van der Waals surface area contributed by atoms with Crippen molar-refractivity contribution in [2.75, 3.05) is 40.5 Å². The molecule has 1 N–H and O–H groups in total. The number of rotatable bonds is 4. The van der Waals surface area contributed by atoms with E-state index < -0.39 is 0 Å². The molecule has 0 aliphatic carbocycles. The van der Waals surface area contributed by atoms with Crippen LogP contribution in [0.4, 0.5) is 0 Å². The van der Waals surface area contributed by atoms with Crippen molar-refractivity contribution >= 4 is 0 Å². The average molecular weight is 265 g/mol. The second kappa shape index (κ2) is 6.26. The standard InChI is InChI=1S/C15H23NO3/c1-15(10-16-6-7-19-11-15)9-12-8-13(17-2)4-5-14(12)18-3/h4-5,8,16H,6-7,9-11H2,1-3H3. The van der Waals surface area contributed by atoms with Gasteiger partial charge in [-0.05, 0) is 30.2 Å². The zero-order valence-electron chi connectivity index (χ0n) is 12.0. The molecule has 0 bridgehead atoms. The molecule has 1 aliphatic rings. The van der Waals surface area contributed by atoms with E-state index in [1.807, 2.05) is 12.1 Å². The van der Waals surface area contributed by atoms with E-state index in [1.54, 1.807) is 14.2 Å². The van der Waals surface area contributed by atoms with Crippen LogP contribution in [0.5, 0.6) is 11.5 Å². The van der Waals surface area contributed by atoms with E-state index in [0.717, 1.165) is 49.8 Å². The number of hydrogen-bond donors (Lipinski definition) is 1. The topological polar surface area (TPSA) is 39.7 Å². The Morgan fingerprint density at radius 3 is 2.89 bits per heavy atom. The molecule has 4 heteroatoms. The van der Waals surface area contributed by atoms with Crippen molar-refractivity contribution in [2.45, 2.75) is 13.3 Å². The van der Waals surface area contributed by atoms with Crippen molar-refractivity contribution in [3.05, 3.63) is 23.8 Å². The van der Waals surface area contributed by atoms with E-state index in [2.05, 4.69) is 18.3 Å². The molecule has 4 nitrogen and oxygen atoms in total. The van der Waals surface area contributed by atoms with Gasteiger partial charge in [0.15, 0.2) is 0 Å². The lowest BCUT2D eigenvalue weighted by Gasteiger charge is -2.28. The third-order valence-corrected chi connectivity index (χ3v) is 3.53. The Hall–Kier alpha value is -1.26. The van der Waals surface area contributed by atoms with E-state index in [1.165, 1.54) is 0 Å². The smallest absolute Gasteiger partial charge is 0.122 e. The van der Waals surface area contributed by atoms with Gasteiger partial charge < -0.3 is 19.5 Å². The molecule has 1 unspecified atom stereocenters. The summed E-state index contributed by atoms with van der Waals surface area (Å²) in [5, 5.41) is 3.43. The van der Waals surface area contributed by atoms with Gasteiger partial charge in [0, 0.05) is 18.5 Å². The van der Waals surface area contributed by atoms with Gasteiger partial charge in [-0.25, -0.2) is 0 Å². The second-order valence-corrected chi connectivity index (χ2v) is 5.39. The summed E-state index contributed by atoms with van der Waals surface area (Å²) < 4.78 is 16.4. The lowest BCUT2D eigenvalue weighted by Crippen LogP contribution is -2.34. The molecule has 0 radical (unpaired) electrons. The minimum atomic E-state index is 0.0795. The van der Waals surface area contributed by atoms with Crippen LogP contribution in [0.2, 0.25) is 0 Å². The molecule has 0 amide bonds. The van der Waals surface area contributed by atoms with Crippen LogP contribution in [0.25, 0.3) is 0 Å². The number of hydrogen-bond acceptors (Lipinski definition) is 4. The average Bonchev–Trinajstić information content (AvgIpc) is 2.63. The van der Waals surface area contributed by atoms with E-state index in [-0.39, 0.29) is 5.41 Å². The zero-order valence-corrected chi connectivity index (χ0v) is 12.0. The highest BCUT2D eigenvalue weighted by molar-refractivity contribution is 5.41. The molecule has 1 atom stereocenters. The molecular formula is C15H23NO3. The van der Waals surface area contributed by atoms with Crippen LogP contribution in [0.15, 0.2) is 18.2 Å². The van der Waals surface area contributed by atoms with Crippen molar-refractivity contribution in [1.29, 1.82) is 0 Å². The first kappa shape index (κ1) is 14.2. The monoisotopic (exact) mass is 265 g/mol. The number of benzene rings is 1. The summed E-state index contributed by atoms with van der Waals surface area (Å²) >= 11 is 0. The minimum absolute atomic E-state index is 0.0795. The van der Waals surface area contributed by atoms with E-state index in [9.17, 15) is 0 Å². The fourth-order valence-electron chi connectivity index (χ4n) is 2.50. The van der Waals surface area contributed by atoms with Gasteiger partial charge in [-0.3, -0.25) is 0 Å². The molecule has 0 aromatic heterocycles. The lowest BCUT2D eigenvalue weighted by molar-refractivity contribution is 0.0792. The zero-order chi connectivity index (χ0) is 13.7. The summed E-state index contributed by atoms with van der Waals surface area (Å²) in [5.41, 5.74) is 1.24. The van der Waals surface area contributed by atoms with Crippen molar-refractivity contribution in [3.63, 3.8) is 0 Å². The Labute approximate surface area is 115 Å². The van der Waals surface area contributed by atoms with Crippen LogP contribution in [0.3, 0.4) is 0 Å². The SMILES string of the molecule is COc1ccc(OC)c(CC2(C)CNCCOC2)c1. The van der Waals surface area contributed by atoms with E-state index >= 15 is 0 Å². The molecule has 1 saturated heterocycles. The third kappa shape index (κ3) is 3.61. The van der Waals surface area contributed by atoms with E-state index in [0.29, 0.717) is 0 Å². The predicted molar refractivity (Wildman–Crippen MR) is 75.0 cm³/mol. The molecule has 0 saturated carbocycles. The van der Waals surface area contributed by atoms with Crippen molar-refractivity contribution in [1.82, 2.24) is 5.32 Å². The molecule has 1 aliphatic heterocycles. The van der Waals surface area contributed by atoms with Gasteiger partial charge in [-0.1, -0.05) is 6.92 Å². The fraction of sp³-hybridized carbons (Fsp3) is 0.600. The van der Waals surface area contributed by atoms with Crippen molar-refractivity contribution in [3.8, 4) is 11.5 Å². The van der Waals surface area contributed by atoms with Crippen molar-refractivity contribution in [2.24, 2.45) is 5.41 Å². The molecule has 1 heterocycles. The normalized spacial score (nSPS) is 23.7. The lowest BCUT2D eigenvalue weighted by atomic mass is 9.84. The molecule has 106 valence electrons. The Bertz CT molecular complexity index is 412. The summed E-state index contributed by atoms with van der Waals surface area (Å²) in [5.74, 6) is 1.77. The van der Waals surface area contributed by atoms with Gasteiger partial charge in [-0.2, -0.15) is 0 Å². The summed E-state index contributed by atoms with van der Waals surface area (Å²) in [6, 6.07) is 5.93. The number of methoxy groups -OCH3 is 2. The largest absolute Gasteiger partial charge is 0.497 e. The van der Waals surface area contributed by atoms with Crippen LogP contribution in [-0.2, 0) is 11.2 Å². The number of ether oxygens (including phenoxy) is 3. The minimum Gasteiger partial charge on any atom is -0.497 e. The van der Waals surface area contributed by atoms with Gasteiger partial charge >= 0.3 is 0 Å². The molecular weight excluding hydrogens is 242 g/mol. The summed E-state index contributed by atoms with van der Waals surface area (Å²) in [4.78, 5) is 0. The first-order chi connectivity index (χ1) is 9.17. The van der Waals surface area contributed by atoms with Gasteiger partial charge in [0.25, 0.3) is 0 Å². The van der Waals surface area contributed by atoms with E-state index in [4.69, 9.17) is 14.2 Å². The number of nitrogens with one attached hydrogen (secondary N) is 1. The third-order valence-electron chi connectivity index (χ3n) is 3.53. The summed E-state index contributed by atoms with van der Waals surface area (Å²) in [6.07, 6.45) is 0.903. The molecule has 19 heavy (non-hydrogen) atoms. The highest BCUT2D eigenvalue weighted by Crippen LogP contribution is 2.31. The van der Waals surface area contributed by atoms with Crippen LogP contribution in [0.1, 0.15) is 12.5 Å². The Balaban J connectivity index is 2.20. The highest BCUT2D eigenvalue weighted by Gasteiger charge is 2.28. The van der Waals surface area contributed by atoms with Crippen LogP contribution in [0, 0.1) is 5.41 Å². The van der Waals surface area contributed by atoms with Gasteiger partial charge in [0.1, 0.15) is 11.5 Å². The predicted octanol–water partition coefficient (Wildman–Crippen LogP) is 1.87. The molecule has 1 aromatic rings. The first-order valence-corrected chi connectivity index (χ1v) is 6.66.